The lowest BCUT2D eigenvalue weighted by molar-refractivity contribution is -0.141. The molecule has 0 unspecified atom stereocenters. The summed E-state index contributed by atoms with van der Waals surface area (Å²) in [5, 5.41) is 18.7. The molecule has 1 saturated carbocycles. The molecule has 35 heavy (non-hydrogen) atoms. The van der Waals surface area contributed by atoms with Crippen molar-refractivity contribution in [2.24, 2.45) is 5.92 Å². The molecule has 1 amide bonds. The molecule has 1 aliphatic carbocycles. The van der Waals surface area contributed by atoms with Crippen molar-refractivity contribution in [3.63, 3.8) is 0 Å². The molecular weight excluding hydrogens is 444 g/mol. The summed E-state index contributed by atoms with van der Waals surface area (Å²) in [4.78, 5) is 26.2. The van der Waals surface area contributed by atoms with Gasteiger partial charge >= 0.3 is 12.1 Å². The highest BCUT2D eigenvalue weighted by atomic mass is 16.5. The van der Waals surface area contributed by atoms with Crippen LogP contribution in [-0.2, 0) is 16.8 Å². The third-order valence-electron chi connectivity index (χ3n) is 7.83. The van der Waals surface area contributed by atoms with Crippen LogP contribution >= 0.6 is 0 Å². The lowest BCUT2D eigenvalue weighted by Crippen LogP contribution is -2.44. The molecule has 2 aliphatic rings. The molecule has 0 radical (unpaired) electrons. The van der Waals surface area contributed by atoms with Crippen molar-refractivity contribution in [2.45, 2.75) is 63.1 Å². The number of carbonyl (C=O) groups is 2. The number of rotatable bonds is 7. The summed E-state index contributed by atoms with van der Waals surface area (Å²) in [5.74, 6) is 0.140. The number of carboxylic acids is 1. The van der Waals surface area contributed by atoms with E-state index in [2.05, 4.69) is 55.4 Å². The summed E-state index contributed by atoms with van der Waals surface area (Å²) in [5.41, 5.74) is 3.77. The number of amides is 1. The number of carboxylic acid groups (broad SMARTS) is 2. The smallest absolute Gasteiger partial charge is 0.408 e. The zero-order valence-electron chi connectivity index (χ0n) is 20.8. The lowest BCUT2D eigenvalue weighted by atomic mass is 9.70. The Labute approximate surface area is 207 Å². The molecule has 1 heterocycles. The van der Waals surface area contributed by atoms with E-state index in [1.54, 1.807) is 0 Å². The fourth-order valence-electron chi connectivity index (χ4n) is 5.97. The standard InChI is InChI=1S/C28H36N2O5/c1-19-13-21(16-23(14-19)35-24-17-25(26(31)32)30(18-24)27(33)34)15-20-9-11-28(12-10-20,29(2)3)22-7-5-4-6-8-22/h4-8,13-14,16,20,24-25H,9-12,15,17-18H2,1-3H3,(H,31,32)(H,33,34)/t20?,24-,25-,28?/m0/s1. The van der Waals surface area contributed by atoms with Crippen LogP contribution in [0.3, 0.4) is 0 Å². The average Bonchev–Trinajstić information content (AvgIpc) is 3.24. The van der Waals surface area contributed by atoms with Crippen molar-refractivity contribution < 1.29 is 24.5 Å². The fraction of sp³-hybridized carbons (Fsp3) is 0.500. The van der Waals surface area contributed by atoms with Crippen molar-refractivity contribution in [1.29, 1.82) is 0 Å². The molecule has 2 atom stereocenters. The summed E-state index contributed by atoms with van der Waals surface area (Å²) in [6.45, 7) is 2.09. The molecule has 0 aromatic heterocycles. The van der Waals surface area contributed by atoms with Gasteiger partial charge in [0, 0.05) is 12.0 Å². The molecule has 0 bridgehead atoms. The highest BCUT2D eigenvalue weighted by molar-refractivity contribution is 5.80. The number of hydrogen-bond acceptors (Lipinski definition) is 4. The zero-order chi connectivity index (χ0) is 25.2. The van der Waals surface area contributed by atoms with Crippen LogP contribution in [0.1, 0.15) is 48.8 Å². The van der Waals surface area contributed by atoms with Crippen LogP contribution in [-0.4, -0.2) is 64.9 Å². The highest BCUT2D eigenvalue weighted by Gasteiger charge is 2.41. The van der Waals surface area contributed by atoms with Crippen LogP contribution in [0.5, 0.6) is 5.75 Å². The molecule has 2 N–H and O–H groups in total. The Hall–Kier alpha value is -3.06. The summed E-state index contributed by atoms with van der Waals surface area (Å²) < 4.78 is 6.09. The van der Waals surface area contributed by atoms with Gasteiger partial charge in [0.05, 0.1) is 6.54 Å². The molecule has 1 aliphatic heterocycles. The Bertz CT molecular complexity index is 1020. The number of aliphatic carboxylic acids is 1. The largest absolute Gasteiger partial charge is 0.488 e. The number of aryl methyl sites for hydroxylation is 1. The molecule has 7 nitrogen and oxygen atoms in total. The van der Waals surface area contributed by atoms with Crippen molar-refractivity contribution in [3.05, 3.63) is 65.2 Å². The third kappa shape index (κ3) is 5.45. The molecular formula is C28H36N2O5. The molecule has 4 rings (SSSR count). The lowest BCUT2D eigenvalue weighted by Gasteiger charge is -2.45. The van der Waals surface area contributed by atoms with Crippen LogP contribution in [0.4, 0.5) is 4.79 Å². The van der Waals surface area contributed by atoms with Crippen LogP contribution in [0, 0.1) is 12.8 Å². The SMILES string of the molecule is Cc1cc(CC2CCC(c3ccccc3)(N(C)C)CC2)cc(O[C@H]2C[C@@H](C(=O)O)N(C(=O)O)C2)c1. The quantitative estimate of drug-likeness (QED) is 0.593. The molecule has 0 spiro atoms. The van der Waals surface area contributed by atoms with Crippen molar-refractivity contribution in [3.8, 4) is 5.75 Å². The number of hydrogen-bond donors (Lipinski definition) is 2. The number of ether oxygens (including phenoxy) is 1. The predicted molar refractivity (Wildman–Crippen MR) is 134 cm³/mol. The maximum Gasteiger partial charge on any atom is 0.408 e. The van der Waals surface area contributed by atoms with E-state index in [1.807, 2.05) is 19.1 Å². The van der Waals surface area contributed by atoms with Gasteiger partial charge in [-0.3, -0.25) is 9.80 Å². The molecule has 188 valence electrons. The second kappa shape index (κ2) is 10.3. The normalized spacial score (nSPS) is 26.6. The van der Waals surface area contributed by atoms with E-state index in [-0.39, 0.29) is 18.5 Å². The van der Waals surface area contributed by atoms with Crippen LogP contribution < -0.4 is 4.74 Å². The Balaban J connectivity index is 1.41. The van der Waals surface area contributed by atoms with Gasteiger partial charge in [0.1, 0.15) is 17.9 Å². The number of likely N-dealkylation sites (tertiary alicyclic amines) is 1. The minimum absolute atomic E-state index is 0.0598. The van der Waals surface area contributed by atoms with Gasteiger partial charge in [-0.1, -0.05) is 36.4 Å². The zero-order valence-corrected chi connectivity index (χ0v) is 20.8. The Kier molecular flexibility index (Phi) is 7.36. The monoisotopic (exact) mass is 480 g/mol. The van der Waals surface area contributed by atoms with E-state index in [1.165, 1.54) is 11.1 Å². The van der Waals surface area contributed by atoms with E-state index in [4.69, 9.17) is 4.74 Å². The second-order valence-corrected chi connectivity index (χ2v) is 10.4. The first kappa shape index (κ1) is 25.0. The van der Waals surface area contributed by atoms with E-state index in [0.29, 0.717) is 11.7 Å². The minimum Gasteiger partial charge on any atom is -0.488 e. The van der Waals surface area contributed by atoms with Gasteiger partial charge in [-0.05, 0) is 87.9 Å². The second-order valence-electron chi connectivity index (χ2n) is 10.4. The van der Waals surface area contributed by atoms with E-state index in [9.17, 15) is 19.8 Å². The van der Waals surface area contributed by atoms with E-state index < -0.39 is 24.2 Å². The molecule has 2 fully saturated rings. The van der Waals surface area contributed by atoms with Gasteiger partial charge in [-0.15, -0.1) is 0 Å². The Morgan fingerprint density at radius 3 is 2.34 bits per heavy atom. The van der Waals surface area contributed by atoms with Gasteiger partial charge in [0.25, 0.3) is 0 Å². The Morgan fingerprint density at radius 1 is 1.09 bits per heavy atom. The highest BCUT2D eigenvalue weighted by Crippen LogP contribution is 2.44. The van der Waals surface area contributed by atoms with Gasteiger partial charge in [0.15, 0.2) is 0 Å². The number of benzene rings is 2. The summed E-state index contributed by atoms with van der Waals surface area (Å²) in [7, 11) is 4.36. The maximum atomic E-state index is 11.5. The molecule has 2 aromatic rings. The molecule has 1 saturated heterocycles. The minimum atomic E-state index is -1.23. The van der Waals surface area contributed by atoms with E-state index >= 15 is 0 Å². The summed E-state index contributed by atoms with van der Waals surface area (Å²) in [6, 6.07) is 15.9. The van der Waals surface area contributed by atoms with Crippen molar-refractivity contribution in [1.82, 2.24) is 9.80 Å². The van der Waals surface area contributed by atoms with Crippen LogP contribution in [0.2, 0.25) is 0 Å². The van der Waals surface area contributed by atoms with Gasteiger partial charge in [-0.2, -0.15) is 0 Å². The van der Waals surface area contributed by atoms with Crippen LogP contribution in [0.25, 0.3) is 0 Å². The average molecular weight is 481 g/mol. The predicted octanol–water partition coefficient (Wildman–Crippen LogP) is 4.77. The summed E-state index contributed by atoms with van der Waals surface area (Å²) in [6.07, 6.45) is 3.96. The van der Waals surface area contributed by atoms with Gasteiger partial charge < -0.3 is 14.9 Å². The first-order chi connectivity index (χ1) is 16.7. The topological polar surface area (TPSA) is 90.3 Å². The van der Waals surface area contributed by atoms with Crippen molar-refractivity contribution >= 4 is 12.1 Å². The molecule has 7 heteroatoms. The number of nitrogens with zero attached hydrogens (tertiary/aromatic N) is 2. The van der Waals surface area contributed by atoms with Crippen LogP contribution in [0.15, 0.2) is 48.5 Å². The van der Waals surface area contributed by atoms with Crippen molar-refractivity contribution in [2.75, 3.05) is 20.6 Å². The first-order valence-corrected chi connectivity index (χ1v) is 12.4. The summed E-state index contributed by atoms with van der Waals surface area (Å²) >= 11 is 0. The van der Waals surface area contributed by atoms with Gasteiger partial charge in [-0.25, -0.2) is 9.59 Å². The first-order valence-electron chi connectivity index (χ1n) is 12.4. The van der Waals surface area contributed by atoms with E-state index in [0.717, 1.165) is 42.6 Å². The molecule has 2 aromatic carbocycles. The fourth-order valence-corrected chi connectivity index (χ4v) is 5.97. The van der Waals surface area contributed by atoms with Gasteiger partial charge in [0.2, 0.25) is 0 Å². The third-order valence-corrected chi connectivity index (χ3v) is 7.83. The Morgan fingerprint density at radius 2 is 1.77 bits per heavy atom. The maximum absolute atomic E-state index is 11.5.